The largest absolute Gasteiger partial charge is 0.457 e. The molecular formula is C22H24N4O4. The Kier molecular flexibility index (Phi) is 6.15. The van der Waals surface area contributed by atoms with Crippen LogP contribution in [0.4, 0.5) is 11.4 Å². The number of ether oxygens (including phenoxy) is 1. The Morgan fingerprint density at radius 2 is 1.93 bits per heavy atom. The number of nitro groups is 1. The number of rotatable bonds is 7. The van der Waals surface area contributed by atoms with Crippen molar-refractivity contribution < 1.29 is 14.5 Å². The maximum absolute atomic E-state index is 12.4. The Balaban J connectivity index is 1.80. The molecule has 0 aliphatic rings. The number of hydrogen-bond acceptors (Lipinski definition) is 5. The second-order valence-corrected chi connectivity index (χ2v) is 7.27. The van der Waals surface area contributed by atoms with Gasteiger partial charge in [0, 0.05) is 37.0 Å². The zero-order valence-electron chi connectivity index (χ0n) is 17.4. The fraction of sp³-hybridized carbons (Fsp3) is 0.273. The van der Waals surface area contributed by atoms with Gasteiger partial charge in [0.25, 0.3) is 5.69 Å². The molecule has 0 saturated carbocycles. The molecule has 3 aromatic rings. The van der Waals surface area contributed by atoms with Crippen molar-refractivity contribution in [1.29, 1.82) is 0 Å². The lowest BCUT2D eigenvalue weighted by Gasteiger charge is -2.13. The zero-order chi connectivity index (χ0) is 21.8. The summed E-state index contributed by atoms with van der Waals surface area (Å²) < 4.78 is 7.68. The molecule has 0 unspecified atom stereocenters. The molecule has 3 rings (SSSR count). The molecule has 8 heteroatoms. The number of aryl methyl sites for hydroxylation is 4. The van der Waals surface area contributed by atoms with Crippen LogP contribution in [0.3, 0.4) is 0 Å². The summed E-state index contributed by atoms with van der Waals surface area (Å²) >= 11 is 0. The van der Waals surface area contributed by atoms with Gasteiger partial charge in [-0.2, -0.15) is 5.10 Å². The predicted octanol–water partition coefficient (Wildman–Crippen LogP) is 4.85. The maximum atomic E-state index is 12.4. The summed E-state index contributed by atoms with van der Waals surface area (Å²) in [6.45, 7) is 8.20. The van der Waals surface area contributed by atoms with E-state index >= 15 is 0 Å². The molecule has 0 aliphatic heterocycles. The number of non-ortho nitro benzene ring substituents is 1. The lowest BCUT2D eigenvalue weighted by atomic mass is 10.1. The first kappa shape index (κ1) is 21.0. The molecule has 156 valence electrons. The Hall–Kier alpha value is -3.68. The Bertz CT molecular complexity index is 1100. The van der Waals surface area contributed by atoms with Crippen LogP contribution in [0.2, 0.25) is 0 Å². The van der Waals surface area contributed by atoms with E-state index in [4.69, 9.17) is 4.74 Å². The van der Waals surface area contributed by atoms with Crippen molar-refractivity contribution >= 4 is 17.3 Å². The highest BCUT2D eigenvalue weighted by Crippen LogP contribution is 2.33. The zero-order valence-corrected chi connectivity index (χ0v) is 17.4. The van der Waals surface area contributed by atoms with E-state index in [0.29, 0.717) is 18.0 Å². The molecule has 0 fully saturated rings. The molecule has 0 aliphatic carbocycles. The molecule has 0 saturated heterocycles. The molecule has 8 nitrogen and oxygen atoms in total. The molecule has 1 amide bonds. The van der Waals surface area contributed by atoms with Crippen LogP contribution in [-0.4, -0.2) is 20.6 Å². The fourth-order valence-electron chi connectivity index (χ4n) is 3.12. The summed E-state index contributed by atoms with van der Waals surface area (Å²) in [6, 6.07) is 10.0. The van der Waals surface area contributed by atoms with Gasteiger partial charge in [0.2, 0.25) is 5.91 Å². The summed E-state index contributed by atoms with van der Waals surface area (Å²) in [4.78, 5) is 23.2. The number of nitrogens with one attached hydrogen (secondary N) is 1. The number of nitro benzene ring substituents is 1. The molecule has 1 aromatic heterocycles. The van der Waals surface area contributed by atoms with Crippen molar-refractivity contribution in [1.82, 2.24) is 9.78 Å². The number of hydrogen-bond donors (Lipinski definition) is 1. The second kappa shape index (κ2) is 8.77. The minimum absolute atomic E-state index is 0.159. The third-order valence-corrected chi connectivity index (χ3v) is 4.86. The minimum atomic E-state index is -0.510. The van der Waals surface area contributed by atoms with Gasteiger partial charge in [0.05, 0.1) is 16.7 Å². The molecule has 2 aromatic carbocycles. The van der Waals surface area contributed by atoms with Crippen LogP contribution < -0.4 is 10.1 Å². The first-order valence-electron chi connectivity index (χ1n) is 9.56. The van der Waals surface area contributed by atoms with Gasteiger partial charge in [-0.3, -0.25) is 19.6 Å². The van der Waals surface area contributed by atoms with E-state index < -0.39 is 4.92 Å². The second-order valence-electron chi connectivity index (χ2n) is 7.27. The van der Waals surface area contributed by atoms with Crippen LogP contribution in [0.5, 0.6) is 11.5 Å². The average Bonchev–Trinajstić information content (AvgIpc) is 3.08. The highest BCUT2D eigenvalue weighted by atomic mass is 16.6. The van der Waals surface area contributed by atoms with E-state index in [-0.39, 0.29) is 23.8 Å². The summed E-state index contributed by atoms with van der Waals surface area (Å²) in [6.07, 6.45) is 1.87. The minimum Gasteiger partial charge on any atom is -0.457 e. The number of amides is 1. The summed E-state index contributed by atoms with van der Waals surface area (Å²) in [7, 11) is 0. The standard InChI is InChI=1S/C22H24N4O4/c1-14-9-15(2)17(4)21(10-14)30-20-12-18(11-19(13-20)26(28)29)24-22(27)6-8-25-16(3)5-7-23-25/h5,7,9-13H,6,8H2,1-4H3,(H,24,27). The Labute approximate surface area is 174 Å². The lowest BCUT2D eigenvalue weighted by Crippen LogP contribution is -2.15. The highest BCUT2D eigenvalue weighted by Gasteiger charge is 2.15. The van der Waals surface area contributed by atoms with Gasteiger partial charge in [-0.05, 0) is 56.5 Å². The summed E-state index contributed by atoms with van der Waals surface area (Å²) in [5.41, 5.74) is 4.15. The number of anilines is 1. The van der Waals surface area contributed by atoms with E-state index in [2.05, 4.69) is 10.4 Å². The smallest absolute Gasteiger partial charge is 0.275 e. The lowest BCUT2D eigenvalue weighted by molar-refractivity contribution is -0.384. The van der Waals surface area contributed by atoms with Gasteiger partial charge < -0.3 is 10.1 Å². The third-order valence-electron chi connectivity index (χ3n) is 4.86. The number of carbonyl (C=O) groups is 1. The van der Waals surface area contributed by atoms with Gasteiger partial charge in [0.15, 0.2) is 0 Å². The molecule has 1 N–H and O–H groups in total. The van der Waals surface area contributed by atoms with Crippen LogP contribution in [0.1, 0.15) is 28.8 Å². The molecule has 1 heterocycles. The van der Waals surface area contributed by atoms with Crippen molar-refractivity contribution in [3.05, 3.63) is 75.1 Å². The number of benzene rings is 2. The first-order chi connectivity index (χ1) is 14.2. The molecule has 0 bridgehead atoms. The Morgan fingerprint density at radius 3 is 2.60 bits per heavy atom. The Morgan fingerprint density at radius 1 is 1.17 bits per heavy atom. The number of carbonyl (C=O) groups excluding carboxylic acids is 1. The normalized spacial score (nSPS) is 10.7. The maximum Gasteiger partial charge on any atom is 0.275 e. The van der Waals surface area contributed by atoms with Crippen molar-refractivity contribution in [2.24, 2.45) is 0 Å². The summed E-state index contributed by atoms with van der Waals surface area (Å²) in [5.74, 6) is 0.647. The summed E-state index contributed by atoms with van der Waals surface area (Å²) in [5, 5.41) is 18.2. The number of aromatic nitrogens is 2. The van der Waals surface area contributed by atoms with E-state index in [1.54, 1.807) is 16.9 Å². The first-order valence-corrected chi connectivity index (χ1v) is 9.56. The SMILES string of the molecule is Cc1cc(C)c(C)c(Oc2cc(NC(=O)CCn3nccc3C)cc([N+](=O)[O-])c2)c1. The van der Waals surface area contributed by atoms with Crippen molar-refractivity contribution in [2.75, 3.05) is 5.32 Å². The molecule has 0 atom stereocenters. The van der Waals surface area contributed by atoms with Crippen LogP contribution in [0.15, 0.2) is 42.6 Å². The van der Waals surface area contributed by atoms with E-state index in [9.17, 15) is 14.9 Å². The van der Waals surface area contributed by atoms with Gasteiger partial charge in [0.1, 0.15) is 11.5 Å². The van der Waals surface area contributed by atoms with E-state index in [1.165, 1.54) is 12.1 Å². The van der Waals surface area contributed by atoms with Crippen LogP contribution in [-0.2, 0) is 11.3 Å². The van der Waals surface area contributed by atoms with Gasteiger partial charge in [-0.25, -0.2) is 0 Å². The molecule has 0 spiro atoms. The van der Waals surface area contributed by atoms with E-state index in [0.717, 1.165) is 22.4 Å². The average molecular weight is 408 g/mol. The van der Waals surface area contributed by atoms with Crippen molar-refractivity contribution in [2.45, 2.75) is 40.7 Å². The van der Waals surface area contributed by atoms with E-state index in [1.807, 2.05) is 45.9 Å². The van der Waals surface area contributed by atoms with Crippen molar-refractivity contribution in [3.63, 3.8) is 0 Å². The van der Waals surface area contributed by atoms with Gasteiger partial charge in [-0.1, -0.05) is 6.07 Å². The monoisotopic (exact) mass is 408 g/mol. The predicted molar refractivity (Wildman–Crippen MR) is 114 cm³/mol. The van der Waals surface area contributed by atoms with Gasteiger partial charge >= 0.3 is 0 Å². The highest BCUT2D eigenvalue weighted by molar-refractivity contribution is 5.91. The molecular weight excluding hydrogens is 384 g/mol. The van der Waals surface area contributed by atoms with Crippen molar-refractivity contribution in [3.8, 4) is 11.5 Å². The van der Waals surface area contributed by atoms with Crippen LogP contribution in [0.25, 0.3) is 0 Å². The topological polar surface area (TPSA) is 99.3 Å². The quantitative estimate of drug-likeness (QED) is 0.445. The molecule has 0 radical (unpaired) electrons. The van der Waals surface area contributed by atoms with Crippen LogP contribution in [0, 0.1) is 37.8 Å². The van der Waals surface area contributed by atoms with Gasteiger partial charge in [-0.15, -0.1) is 0 Å². The number of nitrogens with zero attached hydrogens (tertiary/aromatic N) is 3. The fourth-order valence-corrected chi connectivity index (χ4v) is 3.12. The third kappa shape index (κ3) is 5.02. The molecule has 30 heavy (non-hydrogen) atoms. The van der Waals surface area contributed by atoms with Crippen LogP contribution >= 0.6 is 0 Å².